The molecule has 0 aliphatic carbocycles. The van der Waals surface area contributed by atoms with Crippen LogP contribution < -0.4 is 11.3 Å². The van der Waals surface area contributed by atoms with E-state index in [9.17, 15) is 4.79 Å². The van der Waals surface area contributed by atoms with Crippen molar-refractivity contribution in [2.75, 3.05) is 5.73 Å². The minimum atomic E-state index is -0.0272. The van der Waals surface area contributed by atoms with Gasteiger partial charge in [-0.3, -0.25) is 9.36 Å². The van der Waals surface area contributed by atoms with Crippen LogP contribution in [0.2, 0.25) is 0 Å². The summed E-state index contributed by atoms with van der Waals surface area (Å²) in [6.45, 7) is 0.576. The molecule has 2 aromatic heterocycles. The number of aromatic amines is 1. The van der Waals surface area contributed by atoms with Crippen LogP contribution >= 0.6 is 0 Å². The zero-order valence-electron chi connectivity index (χ0n) is 15.8. The zero-order valence-corrected chi connectivity index (χ0v) is 15.8. The highest BCUT2D eigenvalue weighted by molar-refractivity contribution is 5.84. The molecule has 3 aromatic carbocycles. The second kappa shape index (κ2) is 6.95. The van der Waals surface area contributed by atoms with Gasteiger partial charge in [0.2, 0.25) is 0 Å². The second-order valence-corrected chi connectivity index (χ2v) is 7.21. The molecule has 0 aliphatic heterocycles. The quantitative estimate of drug-likeness (QED) is 0.455. The number of fused-ring (bicyclic) bond motifs is 2. The molecule has 5 nitrogen and oxygen atoms in total. The van der Waals surface area contributed by atoms with Gasteiger partial charge in [0.25, 0.3) is 5.56 Å². The normalized spacial score (nSPS) is 11.3. The van der Waals surface area contributed by atoms with Gasteiger partial charge >= 0.3 is 0 Å². The van der Waals surface area contributed by atoms with Crippen molar-refractivity contribution in [2.45, 2.75) is 13.0 Å². The highest BCUT2D eigenvalue weighted by Crippen LogP contribution is 2.24. The minimum Gasteiger partial charge on any atom is -0.399 e. The number of benzene rings is 3. The molecule has 0 unspecified atom stereocenters. The third-order valence-corrected chi connectivity index (χ3v) is 5.34. The number of aromatic nitrogens is 3. The summed E-state index contributed by atoms with van der Waals surface area (Å²) in [6, 6.07) is 21.6. The number of nitrogens with one attached hydrogen (secondary N) is 1. The molecular weight excluding hydrogens is 360 g/mol. The molecule has 0 fully saturated rings. The van der Waals surface area contributed by atoms with E-state index in [1.165, 1.54) is 10.9 Å². The molecule has 0 radical (unpaired) electrons. The molecule has 29 heavy (non-hydrogen) atoms. The van der Waals surface area contributed by atoms with E-state index in [0.29, 0.717) is 23.1 Å². The molecule has 0 atom stereocenters. The standard InChI is InChI=1S/C24H20N4O/c25-19-5-3-4-16(12-19)17-8-9-23-21(13-17)24(29)28(15-27-23)11-10-18-14-26-22-7-2-1-6-20(18)22/h1-9,12-15,26H,10-11,25H2. The number of rotatable bonds is 4. The van der Waals surface area contributed by atoms with Gasteiger partial charge in [0.05, 0.1) is 17.2 Å². The molecule has 0 saturated carbocycles. The number of anilines is 1. The summed E-state index contributed by atoms with van der Waals surface area (Å²) in [4.78, 5) is 20.9. The van der Waals surface area contributed by atoms with E-state index in [4.69, 9.17) is 5.73 Å². The molecule has 3 N–H and O–H groups in total. The lowest BCUT2D eigenvalue weighted by atomic mass is 10.0. The lowest BCUT2D eigenvalue weighted by Crippen LogP contribution is -2.21. The Morgan fingerprint density at radius 3 is 2.69 bits per heavy atom. The van der Waals surface area contributed by atoms with Crippen molar-refractivity contribution >= 4 is 27.5 Å². The summed E-state index contributed by atoms with van der Waals surface area (Å²) < 4.78 is 1.69. The molecule has 0 spiro atoms. The number of nitrogens with two attached hydrogens (primary N) is 1. The summed E-state index contributed by atoms with van der Waals surface area (Å²) in [6.07, 6.45) is 4.41. The topological polar surface area (TPSA) is 76.7 Å². The number of hydrogen-bond acceptors (Lipinski definition) is 3. The Labute approximate surface area is 167 Å². The predicted molar refractivity (Wildman–Crippen MR) is 118 cm³/mol. The summed E-state index contributed by atoms with van der Waals surface area (Å²) in [7, 11) is 0. The Balaban J connectivity index is 1.50. The third kappa shape index (κ3) is 3.17. The van der Waals surface area contributed by atoms with Crippen LogP contribution in [0.5, 0.6) is 0 Å². The van der Waals surface area contributed by atoms with Crippen LogP contribution in [-0.4, -0.2) is 14.5 Å². The smallest absolute Gasteiger partial charge is 0.261 e. The van der Waals surface area contributed by atoms with Gasteiger partial charge in [0, 0.05) is 29.3 Å². The minimum absolute atomic E-state index is 0.0272. The molecule has 0 aliphatic rings. The molecule has 5 heteroatoms. The first-order valence-electron chi connectivity index (χ1n) is 9.59. The van der Waals surface area contributed by atoms with Crippen molar-refractivity contribution in [3.8, 4) is 11.1 Å². The fourth-order valence-corrected chi connectivity index (χ4v) is 3.80. The highest BCUT2D eigenvalue weighted by Gasteiger charge is 2.08. The predicted octanol–water partition coefficient (Wildman–Crippen LogP) is 4.37. The number of H-pyrrole nitrogens is 1. The summed E-state index contributed by atoms with van der Waals surface area (Å²) >= 11 is 0. The largest absolute Gasteiger partial charge is 0.399 e. The lowest BCUT2D eigenvalue weighted by Gasteiger charge is -2.08. The van der Waals surface area contributed by atoms with Crippen molar-refractivity contribution in [3.63, 3.8) is 0 Å². The molecule has 5 rings (SSSR count). The fourth-order valence-electron chi connectivity index (χ4n) is 3.80. The highest BCUT2D eigenvalue weighted by atomic mass is 16.1. The molecule has 0 amide bonds. The van der Waals surface area contributed by atoms with E-state index < -0.39 is 0 Å². The van der Waals surface area contributed by atoms with Gasteiger partial charge in [-0.15, -0.1) is 0 Å². The molecular formula is C24H20N4O. The van der Waals surface area contributed by atoms with Gasteiger partial charge in [0.1, 0.15) is 0 Å². The first-order chi connectivity index (χ1) is 14.2. The molecule has 0 bridgehead atoms. The Bertz CT molecular complexity index is 1400. The maximum atomic E-state index is 13.1. The van der Waals surface area contributed by atoms with Gasteiger partial charge in [0.15, 0.2) is 0 Å². The van der Waals surface area contributed by atoms with Gasteiger partial charge < -0.3 is 10.7 Å². The molecule has 5 aromatic rings. The van der Waals surface area contributed by atoms with Gasteiger partial charge in [-0.25, -0.2) is 4.98 Å². The van der Waals surface area contributed by atoms with E-state index in [2.05, 4.69) is 22.1 Å². The van der Waals surface area contributed by atoms with Crippen molar-refractivity contribution in [3.05, 3.63) is 95.2 Å². The first kappa shape index (κ1) is 17.3. The maximum absolute atomic E-state index is 13.1. The molecule has 142 valence electrons. The van der Waals surface area contributed by atoms with E-state index >= 15 is 0 Å². The van der Waals surface area contributed by atoms with E-state index in [1.807, 2.05) is 60.8 Å². The van der Waals surface area contributed by atoms with Crippen LogP contribution in [0.4, 0.5) is 5.69 Å². The van der Waals surface area contributed by atoms with Crippen LogP contribution in [0.25, 0.3) is 32.9 Å². The summed E-state index contributed by atoms with van der Waals surface area (Å²) in [5.41, 5.74) is 11.5. The number of nitrogen functional groups attached to an aromatic ring is 1. The van der Waals surface area contributed by atoms with E-state index in [0.717, 1.165) is 23.1 Å². The molecule has 2 heterocycles. The van der Waals surface area contributed by atoms with Crippen molar-refractivity contribution in [2.24, 2.45) is 0 Å². The Morgan fingerprint density at radius 2 is 1.79 bits per heavy atom. The summed E-state index contributed by atoms with van der Waals surface area (Å²) in [5.74, 6) is 0. The Morgan fingerprint density at radius 1 is 0.931 bits per heavy atom. The van der Waals surface area contributed by atoms with Crippen molar-refractivity contribution in [1.29, 1.82) is 0 Å². The number of nitrogens with zero attached hydrogens (tertiary/aromatic N) is 2. The number of aryl methyl sites for hydroxylation is 2. The van der Waals surface area contributed by atoms with Crippen LogP contribution in [0.15, 0.2) is 84.0 Å². The van der Waals surface area contributed by atoms with Crippen LogP contribution in [-0.2, 0) is 13.0 Å². The summed E-state index contributed by atoms with van der Waals surface area (Å²) in [5, 5.41) is 1.81. The number of hydrogen-bond donors (Lipinski definition) is 2. The Kier molecular flexibility index (Phi) is 4.13. The monoisotopic (exact) mass is 380 g/mol. The van der Waals surface area contributed by atoms with Crippen molar-refractivity contribution < 1.29 is 0 Å². The second-order valence-electron chi connectivity index (χ2n) is 7.21. The van der Waals surface area contributed by atoms with E-state index in [-0.39, 0.29) is 5.56 Å². The van der Waals surface area contributed by atoms with Crippen LogP contribution in [0.1, 0.15) is 5.56 Å². The molecule has 0 saturated heterocycles. The first-order valence-corrected chi connectivity index (χ1v) is 9.59. The maximum Gasteiger partial charge on any atom is 0.261 e. The lowest BCUT2D eigenvalue weighted by molar-refractivity contribution is 0.664. The van der Waals surface area contributed by atoms with Crippen LogP contribution in [0.3, 0.4) is 0 Å². The van der Waals surface area contributed by atoms with Gasteiger partial charge in [-0.05, 0) is 53.4 Å². The SMILES string of the molecule is Nc1cccc(-c2ccc3ncn(CCc4c[nH]c5ccccc45)c(=O)c3c2)c1. The number of para-hydroxylation sites is 1. The van der Waals surface area contributed by atoms with Crippen molar-refractivity contribution in [1.82, 2.24) is 14.5 Å². The fraction of sp³-hybridized carbons (Fsp3) is 0.0833. The third-order valence-electron chi connectivity index (χ3n) is 5.34. The van der Waals surface area contributed by atoms with Gasteiger partial charge in [-0.1, -0.05) is 36.4 Å². The Hall–Kier alpha value is -3.86. The van der Waals surface area contributed by atoms with Crippen LogP contribution in [0, 0.1) is 0 Å². The average molecular weight is 380 g/mol. The zero-order chi connectivity index (χ0) is 19.8. The van der Waals surface area contributed by atoms with Gasteiger partial charge in [-0.2, -0.15) is 0 Å². The average Bonchev–Trinajstić information content (AvgIpc) is 3.16. The van der Waals surface area contributed by atoms with E-state index in [1.54, 1.807) is 10.9 Å².